The lowest BCUT2D eigenvalue weighted by Crippen LogP contribution is -3.14. The molecule has 9 nitrogen and oxygen atoms in total. The van der Waals surface area contributed by atoms with Crippen molar-refractivity contribution in [3.63, 3.8) is 0 Å². The molecule has 0 aromatic heterocycles. The van der Waals surface area contributed by atoms with Crippen LogP contribution in [0.1, 0.15) is 6.42 Å². The number of quaternary nitrogens is 1. The number of ether oxygens (including phenoxy) is 1. The minimum Gasteiger partial charge on any atom is -0.370 e. The van der Waals surface area contributed by atoms with Gasteiger partial charge < -0.3 is 20.3 Å². The maximum atomic E-state index is 12.1. The Kier molecular flexibility index (Phi) is 6.30. The first kappa shape index (κ1) is 19.6. The standard InChI is InChI=1S/C17H24N4O5S/c22-16(18-5-7-20-8-10-26-11-9-20)17(23)19-14-3-1-4-15(13-14)21-6-2-12-27(21,24)25/h1,3-4,13H,2,5-12H2,(H,18,22)(H,19,23)/p+1. The fourth-order valence-electron chi connectivity index (χ4n) is 3.20. The van der Waals surface area contributed by atoms with Crippen molar-refractivity contribution in [1.82, 2.24) is 5.32 Å². The van der Waals surface area contributed by atoms with Gasteiger partial charge in [0, 0.05) is 12.2 Å². The summed E-state index contributed by atoms with van der Waals surface area (Å²) in [4.78, 5) is 25.4. The van der Waals surface area contributed by atoms with E-state index in [0.29, 0.717) is 44.1 Å². The molecule has 0 unspecified atom stereocenters. The molecule has 2 aliphatic rings. The van der Waals surface area contributed by atoms with Crippen molar-refractivity contribution in [2.45, 2.75) is 6.42 Å². The minimum absolute atomic E-state index is 0.122. The summed E-state index contributed by atoms with van der Waals surface area (Å²) in [5.74, 6) is -1.35. The van der Waals surface area contributed by atoms with Gasteiger partial charge in [-0.2, -0.15) is 0 Å². The Hall–Kier alpha value is -2.17. The average Bonchev–Trinajstić information content (AvgIpc) is 3.02. The predicted octanol–water partition coefficient (Wildman–Crippen LogP) is -1.80. The summed E-state index contributed by atoms with van der Waals surface area (Å²) in [5, 5.41) is 5.14. The monoisotopic (exact) mass is 397 g/mol. The number of hydrogen-bond acceptors (Lipinski definition) is 5. The van der Waals surface area contributed by atoms with E-state index in [-0.39, 0.29) is 5.75 Å². The molecule has 2 amide bonds. The lowest BCUT2D eigenvalue weighted by molar-refractivity contribution is -0.906. The van der Waals surface area contributed by atoms with Crippen molar-refractivity contribution in [1.29, 1.82) is 0 Å². The van der Waals surface area contributed by atoms with Gasteiger partial charge in [0.25, 0.3) is 0 Å². The molecule has 3 rings (SSSR count). The van der Waals surface area contributed by atoms with Crippen LogP contribution in [0, 0.1) is 0 Å². The number of nitrogens with one attached hydrogen (secondary N) is 3. The summed E-state index contributed by atoms with van der Waals surface area (Å²) >= 11 is 0. The average molecular weight is 397 g/mol. The van der Waals surface area contributed by atoms with E-state index in [1.807, 2.05) is 0 Å². The molecule has 1 aromatic carbocycles. The molecule has 1 aromatic rings. The second-order valence-corrected chi connectivity index (χ2v) is 8.63. The molecule has 0 atom stereocenters. The summed E-state index contributed by atoms with van der Waals surface area (Å²) in [5.41, 5.74) is 0.871. The Morgan fingerprint density at radius 1 is 1.19 bits per heavy atom. The third kappa shape index (κ3) is 5.18. The number of morpholine rings is 1. The molecule has 27 heavy (non-hydrogen) atoms. The predicted molar refractivity (Wildman–Crippen MR) is 100 cm³/mol. The smallest absolute Gasteiger partial charge is 0.313 e. The lowest BCUT2D eigenvalue weighted by Gasteiger charge is -2.23. The molecule has 2 fully saturated rings. The van der Waals surface area contributed by atoms with Crippen LogP contribution in [0.4, 0.5) is 11.4 Å². The molecule has 0 spiro atoms. The second kappa shape index (κ2) is 8.68. The van der Waals surface area contributed by atoms with E-state index in [2.05, 4.69) is 10.6 Å². The molecular formula is C17H25N4O5S+. The number of rotatable bonds is 5. The molecular weight excluding hydrogens is 372 g/mol. The summed E-state index contributed by atoms with van der Waals surface area (Å²) < 4.78 is 30.6. The van der Waals surface area contributed by atoms with Gasteiger partial charge in [-0.05, 0) is 24.6 Å². The summed E-state index contributed by atoms with van der Waals surface area (Å²) in [6.07, 6.45) is 0.576. The first-order chi connectivity index (χ1) is 13.0. The van der Waals surface area contributed by atoms with Gasteiger partial charge in [-0.25, -0.2) is 8.42 Å². The van der Waals surface area contributed by atoms with Crippen LogP contribution in [-0.4, -0.2) is 71.9 Å². The highest BCUT2D eigenvalue weighted by Crippen LogP contribution is 2.26. The van der Waals surface area contributed by atoms with Crippen LogP contribution in [0.5, 0.6) is 0 Å². The number of amides is 2. The molecule has 0 bridgehead atoms. The maximum Gasteiger partial charge on any atom is 0.313 e. The Balaban J connectivity index is 1.51. The Morgan fingerprint density at radius 3 is 2.67 bits per heavy atom. The number of benzene rings is 1. The van der Waals surface area contributed by atoms with Crippen molar-refractivity contribution in [3.05, 3.63) is 24.3 Å². The summed E-state index contributed by atoms with van der Waals surface area (Å²) in [6, 6.07) is 6.50. The molecule has 2 saturated heterocycles. The van der Waals surface area contributed by atoms with Gasteiger partial charge in [0.05, 0.1) is 37.7 Å². The van der Waals surface area contributed by atoms with E-state index in [0.717, 1.165) is 19.6 Å². The number of hydrogen-bond donors (Lipinski definition) is 3. The largest absolute Gasteiger partial charge is 0.370 e. The van der Waals surface area contributed by atoms with E-state index < -0.39 is 21.8 Å². The molecule has 2 aliphatic heterocycles. The maximum absolute atomic E-state index is 12.1. The molecule has 10 heteroatoms. The van der Waals surface area contributed by atoms with Crippen LogP contribution in [-0.2, 0) is 24.3 Å². The van der Waals surface area contributed by atoms with Crippen molar-refractivity contribution in [3.8, 4) is 0 Å². The molecule has 0 saturated carbocycles. The van der Waals surface area contributed by atoms with Crippen LogP contribution < -0.4 is 19.8 Å². The van der Waals surface area contributed by atoms with Gasteiger partial charge in [-0.3, -0.25) is 13.9 Å². The first-order valence-corrected chi connectivity index (χ1v) is 10.7. The summed E-state index contributed by atoms with van der Waals surface area (Å²) in [6.45, 7) is 4.80. The highest BCUT2D eigenvalue weighted by atomic mass is 32.2. The normalized spacial score (nSPS) is 19.6. The van der Waals surface area contributed by atoms with E-state index in [9.17, 15) is 18.0 Å². The van der Waals surface area contributed by atoms with Gasteiger partial charge in [0.1, 0.15) is 13.1 Å². The fourth-order valence-corrected chi connectivity index (χ4v) is 4.76. The van der Waals surface area contributed by atoms with Crippen molar-refractivity contribution in [2.24, 2.45) is 0 Å². The zero-order valence-corrected chi connectivity index (χ0v) is 15.9. The zero-order chi connectivity index (χ0) is 19.3. The second-order valence-electron chi connectivity index (χ2n) is 6.61. The zero-order valence-electron chi connectivity index (χ0n) is 15.1. The van der Waals surface area contributed by atoms with Gasteiger partial charge in [0.15, 0.2) is 0 Å². The molecule has 0 radical (unpaired) electrons. The van der Waals surface area contributed by atoms with E-state index in [1.165, 1.54) is 9.21 Å². The van der Waals surface area contributed by atoms with Gasteiger partial charge in [-0.1, -0.05) is 6.07 Å². The minimum atomic E-state index is -3.29. The van der Waals surface area contributed by atoms with E-state index >= 15 is 0 Å². The SMILES string of the molecule is O=C(NCC[NH+]1CCOCC1)C(=O)Nc1cccc(N2CCCS2(=O)=O)c1. The Morgan fingerprint density at radius 2 is 1.96 bits per heavy atom. The molecule has 3 N–H and O–H groups in total. The van der Waals surface area contributed by atoms with Crippen molar-refractivity contribution in [2.75, 3.05) is 61.3 Å². The number of carbonyl (C=O) groups excluding carboxylic acids is 2. The van der Waals surface area contributed by atoms with Crippen molar-refractivity contribution < 1.29 is 27.6 Å². The lowest BCUT2D eigenvalue weighted by atomic mass is 10.2. The summed E-state index contributed by atoms with van der Waals surface area (Å²) in [7, 11) is -3.29. The molecule has 0 aliphatic carbocycles. The van der Waals surface area contributed by atoms with Crippen LogP contribution in [0.15, 0.2) is 24.3 Å². The highest BCUT2D eigenvalue weighted by Gasteiger charge is 2.28. The van der Waals surface area contributed by atoms with Crippen LogP contribution >= 0.6 is 0 Å². The van der Waals surface area contributed by atoms with Crippen LogP contribution in [0.25, 0.3) is 0 Å². The molecule has 148 valence electrons. The quantitative estimate of drug-likeness (QED) is 0.508. The van der Waals surface area contributed by atoms with Gasteiger partial charge in [0.2, 0.25) is 10.0 Å². The molecule has 2 heterocycles. The highest BCUT2D eigenvalue weighted by molar-refractivity contribution is 7.93. The van der Waals surface area contributed by atoms with E-state index in [1.54, 1.807) is 24.3 Å². The number of anilines is 2. The third-order valence-corrected chi connectivity index (χ3v) is 6.53. The van der Waals surface area contributed by atoms with Crippen molar-refractivity contribution >= 4 is 33.2 Å². The first-order valence-electron chi connectivity index (χ1n) is 9.07. The Bertz CT molecular complexity index is 792. The number of nitrogens with zero attached hydrogens (tertiary/aromatic N) is 1. The number of sulfonamides is 1. The van der Waals surface area contributed by atoms with E-state index in [4.69, 9.17) is 4.74 Å². The van der Waals surface area contributed by atoms with Gasteiger partial charge >= 0.3 is 11.8 Å². The topological polar surface area (TPSA) is 109 Å². The van der Waals surface area contributed by atoms with Crippen LogP contribution in [0.3, 0.4) is 0 Å². The number of carbonyl (C=O) groups is 2. The fraction of sp³-hybridized carbons (Fsp3) is 0.529. The Labute approximate surface area is 158 Å². The third-order valence-electron chi connectivity index (χ3n) is 4.66. The van der Waals surface area contributed by atoms with Crippen LogP contribution in [0.2, 0.25) is 0 Å². The van der Waals surface area contributed by atoms with Gasteiger partial charge in [-0.15, -0.1) is 0 Å².